The first-order valence-electron chi connectivity index (χ1n) is 6.25. The van der Waals surface area contributed by atoms with Gasteiger partial charge in [-0.05, 0) is 5.56 Å². The summed E-state index contributed by atoms with van der Waals surface area (Å²) in [5, 5.41) is 4.36. The molecule has 1 aliphatic heterocycles. The molecule has 0 radical (unpaired) electrons. The third kappa shape index (κ3) is 2.77. The number of hydrogen-bond acceptors (Lipinski definition) is 4. The lowest BCUT2D eigenvalue weighted by Gasteiger charge is -2.23. The number of fused-ring (bicyclic) bond motifs is 1. The standard InChI is InChI=1S/C14H16N2O2S/c1-17-12-8-16-14(18-9-12)13(7-15-16)19-10-11-5-3-2-4-6-11/h2-7,12H,8-10H2,1H3. The van der Waals surface area contributed by atoms with Gasteiger partial charge in [-0.25, -0.2) is 4.68 Å². The molecule has 2 heterocycles. The van der Waals surface area contributed by atoms with E-state index >= 15 is 0 Å². The van der Waals surface area contributed by atoms with Gasteiger partial charge in [0.25, 0.3) is 0 Å². The van der Waals surface area contributed by atoms with Crippen LogP contribution in [0.1, 0.15) is 5.56 Å². The Bertz CT molecular complexity index is 542. The maximum atomic E-state index is 5.74. The number of benzene rings is 1. The number of hydrogen-bond donors (Lipinski definition) is 0. The first-order chi connectivity index (χ1) is 9.36. The zero-order chi connectivity index (χ0) is 13.1. The van der Waals surface area contributed by atoms with Gasteiger partial charge in [0.05, 0.1) is 17.6 Å². The predicted octanol–water partition coefficient (Wildman–Crippen LogP) is 2.58. The molecule has 1 aliphatic rings. The van der Waals surface area contributed by atoms with E-state index in [2.05, 4.69) is 29.4 Å². The normalized spacial score (nSPS) is 17.8. The Morgan fingerprint density at radius 1 is 1.42 bits per heavy atom. The van der Waals surface area contributed by atoms with Gasteiger partial charge in [0.1, 0.15) is 12.7 Å². The van der Waals surface area contributed by atoms with Crippen molar-refractivity contribution in [2.75, 3.05) is 13.7 Å². The SMILES string of the molecule is COC1COc2c(SCc3ccccc3)cnn2C1. The van der Waals surface area contributed by atoms with Crippen molar-refractivity contribution < 1.29 is 9.47 Å². The smallest absolute Gasteiger partial charge is 0.226 e. The monoisotopic (exact) mass is 276 g/mol. The fourth-order valence-electron chi connectivity index (χ4n) is 2.03. The van der Waals surface area contributed by atoms with Crippen molar-refractivity contribution in [3.8, 4) is 5.88 Å². The predicted molar refractivity (Wildman–Crippen MR) is 74.5 cm³/mol. The van der Waals surface area contributed by atoms with E-state index in [1.807, 2.05) is 16.9 Å². The average Bonchev–Trinajstić information content (AvgIpc) is 2.88. The molecule has 0 spiro atoms. The van der Waals surface area contributed by atoms with Gasteiger partial charge in [-0.2, -0.15) is 5.10 Å². The first-order valence-corrected chi connectivity index (χ1v) is 7.23. The van der Waals surface area contributed by atoms with Crippen LogP contribution in [-0.4, -0.2) is 29.6 Å². The maximum absolute atomic E-state index is 5.74. The minimum absolute atomic E-state index is 0.0966. The lowest BCUT2D eigenvalue weighted by atomic mass is 10.2. The number of nitrogens with zero attached hydrogens (tertiary/aromatic N) is 2. The summed E-state index contributed by atoms with van der Waals surface area (Å²) in [5.41, 5.74) is 1.30. The van der Waals surface area contributed by atoms with E-state index in [1.54, 1.807) is 18.9 Å². The average molecular weight is 276 g/mol. The lowest BCUT2D eigenvalue weighted by molar-refractivity contribution is 0.0166. The molecule has 0 fully saturated rings. The van der Waals surface area contributed by atoms with Gasteiger partial charge in [-0.1, -0.05) is 30.3 Å². The van der Waals surface area contributed by atoms with Crippen molar-refractivity contribution in [2.24, 2.45) is 0 Å². The maximum Gasteiger partial charge on any atom is 0.226 e. The Kier molecular flexibility index (Phi) is 3.75. The lowest BCUT2D eigenvalue weighted by Crippen LogP contribution is -2.31. The second-order valence-electron chi connectivity index (χ2n) is 4.44. The summed E-state index contributed by atoms with van der Waals surface area (Å²) in [6.45, 7) is 1.36. The van der Waals surface area contributed by atoms with Crippen LogP contribution in [0, 0.1) is 0 Å². The summed E-state index contributed by atoms with van der Waals surface area (Å²) in [4.78, 5) is 1.10. The van der Waals surface area contributed by atoms with Crippen LogP contribution < -0.4 is 4.74 Å². The molecule has 1 aromatic carbocycles. The van der Waals surface area contributed by atoms with Crippen molar-refractivity contribution in [1.29, 1.82) is 0 Å². The summed E-state index contributed by atoms with van der Waals surface area (Å²) in [6.07, 6.45) is 1.97. The summed E-state index contributed by atoms with van der Waals surface area (Å²) < 4.78 is 12.9. The van der Waals surface area contributed by atoms with E-state index in [1.165, 1.54) is 5.56 Å². The van der Waals surface area contributed by atoms with E-state index in [0.717, 1.165) is 23.1 Å². The molecule has 0 saturated heterocycles. The van der Waals surface area contributed by atoms with Crippen LogP contribution in [0.5, 0.6) is 5.88 Å². The summed E-state index contributed by atoms with van der Waals surface area (Å²) in [7, 11) is 1.70. The van der Waals surface area contributed by atoms with Crippen LogP contribution in [0.4, 0.5) is 0 Å². The van der Waals surface area contributed by atoms with Gasteiger partial charge >= 0.3 is 0 Å². The van der Waals surface area contributed by atoms with Crippen molar-refractivity contribution in [2.45, 2.75) is 23.3 Å². The Hall–Kier alpha value is -1.46. The molecule has 1 aromatic heterocycles. The summed E-state index contributed by atoms with van der Waals surface area (Å²) in [5.74, 6) is 1.80. The van der Waals surface area contributed by atoms with Crippen molar-refractivity contribution in [3.05, 3.63) is 42.1 Å². The fourth-order valence-corrected chi connectivity index (χ4v) is 2.95. The highest BCUT2D eigenvalue weighted by molar-refractivity contribution is 7.98. The molecular formula is C14H16N2O2S. The topological polar surface area (TPSA) is 36.3 Å². The molecule has 100 valence electrons. The number of thioether (sulfide) groups is 1. The molecule has 0 bridgehead atoms. The van der Waals surface area contributed by atoms with E-state index in [-0.39, 0.29) is 6.10 Å². The molecule has 1 atom stereocenters. The van der Waals surface area contributed by atoms with Gasteiger partial charge in [-0.3, -0.25) is 0 Å². The molecule has 4 nitrogen and oxygen atoms in total. The molecule has 2 aromatic rings. The van der Waals surface area contributed by atoms with Crippen molar-refractivity contribution in [1.82, 2.24) is 9.78 Å². The van der Waals surface area contributed by atoms with Crippen LogP contribution in [0.25, 0.3) is 0 Å². The first kappa shape index (κ1) is 12.6. The van der Waals surface area contributed by atoms with Gasteiger partial charge in [0.2, 0.25) is 5.88 Å². The second-order valence-corrected chi connectivity index (χ2v) is 5.46. The minimum Gasteiger partial charge on any atom is -0.474 e. The number of methoxy groups -OCH3 is 1. The Morgan fingerprint density at radius 2 is 2.26 bits per heavy atom. The van der Waals surface area contributed by atoms with Crippen LogP contribution >= 0.6 is 11.8 Å². The molecule has 0 aliphatic carbocycles. The summed E-state index contributed by atoms with van der Waals surface area (Å²) in [6, 6.07) is 10.4. The van der Waals surface area contributed by atoms with Crippen LogP contribution in [-0.2, 0) is 17.0 Å². The highest BCUT2D eigenvalue weighted by Crippen LogP contribution is 2.33. The number of aromatic nitrogens is 2. The zero-order valence-corrected chi connectivity index (χ0v) is 11.6. The van der Waals surface area contributed by atoms with Crippen molar-refractivity contribution in [3.63, 3.8) is 0 Å². The quantitative estimate of drug-likeness (QED) is 0.804. The zero-order valence-electron chi connectivity index (χ0n) is 10.8. The molecule has 1 unspecified atom stereocenters. The summed E-state index contributed by atoms with van der Waals surface area (Å²) >= 11 is 1.75. The molecule has 19 heavy (non-hydrogen) atoms. The molecule has 3 rings (SSSR count). The van der Waals surface area contributed by atoms with Crippen molar-refractivity contribution >= 4 is 11.8 Å². The third-order valence-corrected chi connectivity index (χ3v) is 4.18. The highest BCUT2D eigenvalue weighted by atomic mass is 32.2. The molecule has 0 saturated carbocycles. The number of rotatable bonds is 4. The van der Waals surface area contributed by atoms with Crippen LogP contribution in [0.3, 0.4) is 0 Å². The van der Waals surface area contributed by atoms with E-state index in [0.29, 0.717) is 6.61 Å². The van der Waals surface area contributed by atoms with Gasteiger partial charge < -0.3 is 9.47 Å². The highest BCUT2D eigenvalue weighted by Gasteiger charge is 2.23. The van der Waals surface area contributed by atoms with E-state index in [4.69, 9.17) is 9.47 Å². The Balaban J connectivity index is 1.68. The van der Waals surface area contributed by atoms with Gasteiger partial charge in [-0.15, -0.1) is 11.8 Å². The van der Waals surface area contributed by atoms with Gasteiger partial charge in [0.15, 0.2) is 0 Å². The number of ether oxygens (including phenoxy) is 2. The minimum atomic E-state index is 0.0966. The second kappa shape index (κ2) is 5.67. The largest absolute Gasteiger partial charge is 0.474 e. The van der Waals surface area contributed by atoms with Crippen LogP contribution in [0.15, 0.2) is 41.4 Å². The molecule has 0 N–H and O–H groups in total. The van der Waals surface area contributed by atoms with E-state index < -0.39 is 0 Å². The third-order valence-electron chi connectivity index (χ3n) is 3.11. The Morgan fingerprint density at radius 3 is 3.05 bits per heavy atom. The Labute approximate surface area is 116 Å². The molecule has 5 heteroatoms. The van der Waals surface area contributed by atoms with Crippen LogP contribution in [0.2, 0.25) is 0 Å². The fraction of sp³-hybridized carbons (Fsp3) is 0.357. The van der Waals surface area contributed by atoms with Gasteiger partial charge in [0, 0.05) is 12.9 Å². The molecular weight excluding hydrogens is 260 g/mol. The van der Waals surface area contributed by atoms with E-state index in [9.17, 15) is 0 Å². The molecule has 0 amide bonds.